The van der Waals surface area contributed by atoms with Crippen LogP contribution in [0, 0.1) is 6.92 Å². The molecular weight excluding hydrogens is 603 g/mol. The van der Waals surface area contributed by atoms with Crippen LogP contribution in [0.4, 0.5) is 17.1 Å². The monoisotopic (exact) mass is 649 g/mol. The Morgan fingerprint density at radius 3 is 1.62 bits per heavy atom. The molecule has 1 heteroatoms. The van der Waals surface area contributed by atoms with Gasteiger partial charge in [-0.05, 0) is 162 Å². The Morgan fingerprint density at radius 1 is 0.460 bits per heavy atom. The molecule has 0 radical (unpaired) electrons. The van der Waals surface area contributed by atoms with Crippen LogP contribution < -0.4 is 4.90 Å². The first kappa shape index (κ1) is 32.1. The summed E-state index contributed by atoms with van der Waals surface area (Å²) in [5.74, 6) is 0.909. The predicted molar refractivity (Wildman–Crippen MR) is 218 cm³/mol. The molecule has 0 aliphatic heterocycles. The van der Waals surface area contributed by atoms with Gasteiger partial charge in [0.15, 0.2) is 0 Å². The fourth-order valence-corrected chi connectivity index (χ4v) is 7.57. The van der Waals surface area contributed by atoms with Gasteiger partial charge < -0.3 is 4.90 Å². The number of anilines is 3. The highest BCUT2D eigenvalue weighted by Gasteiger charge is 2.25. The van der Waals surface area contributed by atoms with Crippen molar-refractivity contribution < 1.29 is 0 Å². The van der Waals surface area contributed by atoms with E-state index in [0.29, 0.717) is 11.8 Å². The van der Waals surface area contributed by atoms with Gasteiger partial charge >= 0.3 is 0 Å². The summed E-state index contributed by atoms with van der Waals surface area (Å²) >= 11 is 0. The molecule has 1 aliphatic rings. The minimum Gasteiger partial charge on any atom is -0.310 e. The van der Waals surface area contributed by atoms with Crippen molar-refractivity contribution in [2.75, 3.05) is 4.90 Å². The molecule has 248 valence electrons. The summed E-state index contributed by atoms with van der Waals surface area (Å²) in [6.07, 6.45) is 0. The summed E-state index contributed by atoms with van der Waals surface area (Å²) < 4.78 is 0. The normalized spacial score (nSPS) is 12.4. The highest BCUT2D eigenvalue weighted by atomic mass is 15.1. The van der Waals surface area contributed by atoms with E-state index in [1.165, 1.54) is 94.2 Å². The molecule has 0 N–H and O–H groups in total. The van der Waals surface area contributed by atoms with E-state index >= 15 is 0 Å². The fraction of sp³-hybridized carbons (Fsp3) is 0.224. The number of benzene rings is 7. The maximum Gasteiger partial charge on any atom is 0.0493 e. The molecule has 0 saturated carbocycles. The first-order valence-corrected chi connectivity index (χ1v) is 18.2. The molecule has 50 heavy (non-hydrogen) atoms. The van der Waals surface area contributed by atoms with Gasteiger partial charge in [-0.3, -0.25) is 0 Å². The number of hydrogen-bond donors (Lipinski definition) is 0. The lowest BCUT2D eigenvalue weighted by Crippen LogP contribution is -2.12. The van der Waals surface area contributed by atoms with Crippen LogP contribution in [0.15, 0.2) is 127 Å². The summed E-state index contributed by atoms with van der Waals surface area (Å²) in [6, 6.07) is 48.6. The zero-order chi connectivity index (χ0) is 34.9. The third-order valence-corrected chi connectivity index (χ3v) is 10.8. The average molecular weight is 650 g/mol. The molecule has 1 aliphatic carbocycles. The van der Waals surface area contributed by atoms with E-state index in [9.17, 15) is 0 Å². The quantitative estimate of drug-likeness (QED) is 0.173. The van der Waals surface area contributed by atoms with Crippen molar-refractivity contribution in [1.29, 1.82) is 0 Å². The Balaban J connectivity index is 1.21. The van der Waals surface area contributed by atoms with E-state index < -0.39 is 0 Å². The van der Waals surface area contributed by atoms with Gasteiger partial charge in [-0.2, -0.15) is 0 Å². The van der Waals surface area contributed by atoms with Crippen molar-refractivity contribution in [1.82, 2.24) is 0 Å². The van der Waals surface area contributed by atoms with Gasteiger partial charge in [0.25, 0.3) is 0 Å². The molecule has 0 saturated heterocycles. The standard InChI is InChI=1S/C49H47N/c1-30(2)34-10-9-11-42(23-34)50(48-29-35(31(3)4)13-12-32(48)5)43-21-18-38-26-45-44-25-37-15-14-36(33-16-19-41(20-17-33)49(6,7)8)22-39(37)27-46(44)47(45)28-40(38)24-43/h9-31H,1-8H3. The van der Waals surface area contributed by atoms with E-state index in [1.54, 1.807) is 0 Å². The van der Waals surface area contributed by atoms with Crippen LogP contribution >= 0.6 is 0 Å². The maximum atomic E-state index is 2.46. The zero-order valence-corrected chi connectivity index (χ0v) is 30.7. The minimum atomic E-state index is 0.150. The summed E-state index contributed by atoms with van der Waals surface area (Å²) in [5, 5.41) is 5.12. The molecular formula is C49H47N. The second-order valence-electron chi connectivity index (χ2n) is 16.0. The van der Waals surface area contributed by atoms with Crippen molar-refractivity contribution in [2.24, 2.45) is 0 Å². The first-order valence-electron chi connectivity index (χ1n) is 18.2. The Kier molecular flexibility index (Phi) is 7.72. The van der Waals surface area contributed by atoms with Gasteiger partial charge in [0.1, 0.15) is 0 Å². The van der Waals surface area contributed by atoms with Crippen LogP contribution in [0.25, 0.3) is 54.9 Å². The molecule has 0 aromatic heterocycles. The SMILES string of the molecule is Cc1ccc(C(C)C)cc1N(c1cccc(C(C)C)c1)c1ccc2cc3c(cc2c1)-c1cc2cc(-c4ccc(C(C)(C)C)cc4)ccc2cc1-3. The highest BCUT2D eigenvalue weighted by Crippen LogP contribution is 2.51. The molecule has 0 amide bonds. The van der Waals surface area contributed by atoms with Crippen LogP contribution in [-0.4, -0.2) is 0 Å². The number of fused-ring (bicyclic) bond motifs is 6. The van der Waals surface area contributed by atoms with E-state index in [4.69, 9.17) is 0 Å². The summed E-state index contributed by atoms with van der Waals surface area (Å²) in [4.78, 5) is 2.46. The summed E-state index contributed by atoms with van der Waals surface area (Å²) in [5.41, 5.74) is 17.0. The van der Waals surface area contributed by atoms with Crippen molar-refractivity contribution in [3.05, 3.63) is 150 Å². The largest absolute Gasteiger partial charge is 0.310 e. The van der Waals surface area contributed by atoms with Gasteiger partial charge in [-0.1, -0.05) is 115 Å². The van der Waals surface area contributed by atoms with Gasteiger partial charge in [-0.25, -0.2) is 0 Å². The van der Waals surface area contributed by atoms with Crippen LogP contribution in [-0.2, 0) is 5.41 Å². The van der Waals surface area contributed by atoms with Crippen molar-refractivity contribution in [3.8, 4) is 33.4 Å². The highest BCUT2D eigenvalue weighted by molar-refractivity contribution is 6.12. The number of nitrogens with zero attached hydrogens (tertiary/aromatic N) is 1. The Bertz CT molecular complexity index is 2420. The molecule has 0 atom stereocenters. The summed E-state index contributed by atoms with van der Waals surface area (Å²) in [7, 11) is 0. The predicted octanol–water partition coefficient (Wildman–Crippen LogP) is 14.6. The van der Waals surface area contributed by atoms with E-state index in [2.05, 4.69) is 188 Å². The molecule has 8 rings (SSSR count). The van der Waals surface area contributed by atoms with E-state index in [0.717, 1.165) is 0 Å². The lowest BCUT2D eigenvalue weighted by atomic mass is 9.77. The molecule has 0 unspecified atom stereocenters. The van der Waals surface area contributed by atoms with Crippen LogP contribution in [0.5, 0.6) is 0 Å². The van der Waals surface area contributed by atoms with Crippen molar-refractivity contribution in [2.45, 2.75) is 72.6 Å². The Hall–Kier alpha value is -5.14. The van der Waals surface area contributed by atoms with Crippen LogP contribution in [0.1, 0.15) is 82.6 Å². The van der Waals surface area contributed by atoms with Gasteiger partial charge in [-0.15, -0.1) is 0 Å². The van der Waals surface area contributed by atoms with Gasteiger partial charge in [0.05, 0.1) is 0 Å². The second-order valence-corrected chi connectivity index (χ2v) is 16.0. The van der Waals surface area contributed by atoms with Gasteiger partial charge in [0, 0.05) is 17.1 Å². The Labute approximate surface area is 298 Å². The number of rotatable bonds is 6. The third-order valence-electron chi connectivity index (χ3n) is 10.8. The van der Waals surface area contributed by atoms with Crippen LogP contribution in [0.2, 0.25) is 0 Å². The smallest absolute Gasteiger partial charge is 0.0493 e. The van der Waals surface area contributed by atoms with Crippen molar-refractivity contribution in [3.63, 3.8) is 0 Å². The molecule has 0 heterocycles. The van der Waals surface area contributed by atoms with E-state index in [-0.39, 0.29) is 5.41 Å². The molecule has 7 aromatic carbocycles. The molecule has 0 bridgehead atoms. The topological polar surface area (TPSA) is 3.24 Å². The minimum absolute atomic E-state index is 0.150. The Morgan fingerprint density at radius 2 is 1.00 bits per heavy atom. The average Bonchev–Trinajstić information content (AvgIpc) is 3.10. The van der Waals surface area contributed by atoms with E-state index in [1.807, 2.05) is 0 Å². The first-order chi connectivity index (χ1) is 23.9. The zero-order valence-electron chi connectivity index (χ0n) is 30.7. The third kappa shape index (κ3) is 5.59. The lowest BCUT2D eigenvalue weighted by Gasteiger charge is -2.30. The molecule has 1 nitrogen and oxygen atoms in total. The summed E-state index contributed by atoms with van der Waals surface area (Å²) in [6.45, 7) is 18.1. The van der Waals surface area contributed by atoms with Crippen molar-refractivity contribution >= 4 is 38.6 Å². The molecule has 7 aromatic rings. The fourth-order valence-electron chi connectivity index (χ4n) is 7.57. The number of aryl methyl sites for hydroxylation is 1. The maximum absolute atomic E-state index is 2.46. The van der Waals surface area contributed by atoms with Gasteiger partial charge in [0.2, 0.25) is 0 Å². The van der Waals surface area contributed by atoms with Crippen LogP contribution in [0.3, 0.4) is 0 Å². The second kappa shape index (κ2) is 12.0. The number of hydrogen-bond acceptors (Lipinski definition) is 1. The lowest BCUT2D eigenvalue weighted by molar-refractivity contribution is 0.590. The molecule has 0 fully saturated rings. The molecule has 0 spiro atoms.